The van der Waals surface area contributed by atoms with Gasteiger partial charge in [-0.15, -0.1) is 0 Å². The van der Waals surface area contributed by atoms with Crippen LogP contribution in [0.5, 0.6) is 5.75 Å². The van der Waals surface area contributed by atoms with Crippen LogP contribution in [-0.2, 0) is 27.2 Å². The first kappa shape index (κ1) is 25.8. The zero-order valence-electron chi connectivity index (χ0n) is 19.0. The number of nitrogens with one attached hydrogen (secondary N) is 3. The second kappa shape index (κ2) is 12.0. The molecule has 2 aromatic rings. The first-order valence-corrected chi connectivity index (χ1v) is 10.6. The fourth-order valence-corrected chi connectivity index (χ4v) is 3.55. The van der Waals surface area contributed by atoms with E-state index in [2.05, 4.69) is 10.6 Å². The molecule has 2 rings (SSSR count). The molecule has 0 aliphatic heterocycles. The molecule has 0 radical (unpaired) electrons. The molecule has 0 unspecified atom stereocenters. The van der Waals surface area contributed by atoms with Gasteiger partial charge in [0, 0.05) is 13.5 Å². The molecule has 9 heteroatoms. The summed E-state index contributed by atoms with van der Waals surface area (Å²) in [6, 6.07) is 15.4. The highest BCUT2D eigenvalue weighted by Crippen LogP contribution is 2.24. The minimum Gasteiger partial charge on any atom is -0.497 e. The number of hydrogen-bond acceptors (Lipinski definition) is 6. The molecule has 0 aliphatic carbocycles. The standard InChI is InChI=1S/C24H31N3O6/c1-24(31,23(30)27-32)19(14-11-16-7-5-4-6-8-16)21(28)26-20(22(29)25-2)15-17-9-12-18(33-3)13-10-17/h4-10,12-13,19-20,31-32H,11,14-15H2,1-3H3,(H,25,29)(H,26,28)(H,27,30)/t19-,20-,24+/m0/s1. The van der Waals surface area contributed by atoms with Crippen LogP contribution in [0.4, 0.5) is 0 Å². The van der Waals surface area contributed by atoms with Crippen molar-refractivity contribution in [3.05, 3.63) is 65.7 Å². The molecular weight excluding hydrogens is 426 g/mol. The first-order chi connectivity index (χ1) is 15.7. The lowest BCUT2D eigenvalue weighted by Crippen LogP contribution is -2.57. The third-order valence-corrected chi connectivity index (χ3v) is 5.60. The molecule has 0 aromatic heterocycles. The smallest absolute Gasteiger partial charge is 0.275 e. The van der Waals surface area contributed by atoms with E-state index in [0.29, 0.717) is 12.2 Å². The van der Waals surface area contributed by atoms with Gasteiger partial charge >= 0.3 is 0 Å². The van der Waals surface area contributed by atoms with Crippen LogP contribution in [0.3, 0.4) is 0 Å². The van der Waals surface area contributed by atoms with E-state index in [4.69, 9.17) is 9.94 Å². The van der Waals surface area contributed by atoms with Gasteiger partial charge in [-0.05, 0) is 43.0 Å². The molecule has 0 fully saturated rings. The van der Waals surface area contributed by atoms with Gasteiger partial charge in [-0.25, -0.2) is 5.48 Å². The maximum absolute atomic E-state index is 13.2. The van der Waals surface area contributed by atoms with Crippen molar-refractivity contribution in [1.29, 1.82) is 0 Å². The van der Waals surface area contributed by atoms with Gasteiger partial charge in [-0.1, -0.05) is 42.5 Å². The topological polar surface area (TPSA) is 137 Å². The van der Waals surface area contributed by atoms with Crippen molar-refractivity contribution < 1.29 is 29.4 Å². The number of carbonyl (C=O) groups is 3. The number of benzene rings is 2. The Bertz CT molecular complexity index is 931. The number of likely N-dealkylation sites (N-methyl/N-ethyl adjacent to an activating group) is 1. The van der Waals surface area contributed by atoms with E-state index < -0.39 is 35.3 Å². The van der Waals surface area contributed by atoms with Crippen molar-refractivity contribution in [2.45, 2.75) is 37.8 Å². The second-order valence-corrected chi connectivity index (χ2v) is 7.89. The number of hydrogen-bond donors (Lipinski definition) is 5. The lowest BCUT2D eigenvalue weighted by atomic mass is 9.82. The van der Waals surface area contributed by atoms with Gasteiger partial charge in [0.1, 0.15) is 11.8 Å². The summed E-state index contributed by atoms with van der Waals surface area (Å²) in [4.78, 5) is 37.8. The number of carbonyl (C=O) groups excluding carboxylic acids is 3. The number of ether oxygens (including phenoxy) is 1. The van der Waals surface area contributed by atoms with Crippen molar-refractivity contribution in [3.63, 3.8) is 0 Å². The summed E-state index contributed by atoms with van der Waals surface area (Å²) < 4.78 is 5.14. The van der Waals surface area contributed by atoms with Gasteiger partial charge in [0.25, 0.3) is 5.91 Å². The molecule has 3 atom stereocenters. The zero-order valence-corrected chi connectivity index (χ0v) is 19.0. The number of aryl methyl sites for hydroxylation is 1. The molecule has 0 bridgehead atoms. The summed E-state index contributed by atoms with van der Waals surface area (Å²) in [6.07, 6.45) is 0.700. The summed E-state index contributed by atoms with van der Waals surface area (Å²) in [7, 11) is 3.00. The third-order valence-electron chi connectivity index (χ3n) is 5.60. The lowest BCUT2D eigenvalue weighted by Gasteiger charge is -2.31. The fourth-order valence-electron chi connectivity index (χ4n) is 3.55. The van der Waals surface area contributed by atoms with Crippen molar-refractivity contribution in [2.24, 2.45) is 5.92 Å². The monoisotopic (exact) mass is 457 g/mol. The van der Waals surface area contributed by atoms with E-state index in [1.165, 1.54) is 12.5 Å². The number of hydroxylamine groups is 1. The van der Waals surface area contributed by atoms with Gasteiger partial charge in [0.05, 0.1) is 13.0 Å². The van der Waals surface area contributed by atoms with Crippen molar-refractivity contribution in [3.8, 4) is 5.75 Å². The maximum atomic E-state index is 13.2. The minimum atomic E-state index is -2.21. The van der Waals surface area contributed by atoms with Crippen molar-refractivity contribution in [1.82, 2.24) is 16.1 Å². The predicted octanol–water partition coefficient (Wildman–Crippen LogP) is 0.974. The van der Waals surface area contributed by atoms with Gasteiger partial charge in [-0.3, -0.25) is 19.6 Å². The van der Waals surface area contributed by atoms with Crippen LogP contribution in [0.1, 0.15) is 24.5 Å². The first-order valence-electron chi connectivity index (χ1n) is 10.6. The molecule has 33 heavy (non-hydrogen) atoms. The number of amides is 3. The molecular formula is C24H31N3O6. The summed E-state index contributed by atoms with van der Waals surface area (Å²) in [5, 5.41) is 25.1. The van der Waals surface area contributed by atoms with Gasteiger partial charge in [0.15, 0.2) is 5.60 Å². The fraction of sp³-hybridized carbons (Fsp3) is 0.375. The Morgan fingerprint density at radius 1 is 1.00 bits per heavy atom. The Balaban J connectivity index is 2.24. The Hall–Kier alpha value is -3.43. The minimum absolute atomic E-state index is 0.110. The SMILES string of the molecule is CNC(=O)[C@H](Cc1ccc(OC)cc1)NC(=O)[C@H](CCc1ccccc1)[C@@](C)(O)C(=O)NO. The zero-order chi connectivity index (χ0) is 24.4. The molecule has 0 aliphatic rings. The average molecular weight is 458 g/mol. The van der Waals surface area contributed by atoms with Crippen LogP contribution in [0.2, 0.25) is 0 Å². The molecule has 178 valence electrons. The van der Waals surface area contributed by atoms with Gasteiger partial charge in [-0.2, -0.15) is 0 Å². The number of rotatable bonds is 11. The van der Waals surface area contributed by atoms with Crippen LogP contribution in [0.25, 0.3) is 0 Å². The highest BCUT2D eigenvalue weighted by molar-refractivity contribution is 5.94. The van der Waals surface area contributed by atoms with Crippen LogP contribution < -0.4 is 20.9 Å². The predicted molar refractivity (Wildman–Crippen MR) is 122 cm³/mol. The normalized spacial score (nSPS) is 14.3. The van der Waals surface area contributed by atoms with E-state index in [1.54, 1.807) is 31.4 Å². The molecule has 0 saturated heterocycles. The Labute approximate surface area is 193 Å². The van der Waals surface area contributed by atoms with Crippen LogP contribution >= 0.6 is 0 Å². The van der Waals surface area contributed by atoms with Gasteiger partial charge < -0.3 is 20.5 Å². The van der Waals surface area contributed by atoms with Crippen molar-refractivity contribution in [2.75, 3.05) is 14.2 Å². The van der Waals surface area contributed by atoms with Crippen LogP contribution in [0.15, 0.2) is 54.6 Å². The van der Waals surface area contributed by atoms with E-state index in [0.717, 1.165) is 18.1 Å². The Kier molecular flexibility index (Phi) is 9.38. The molecule has 5 N–H and O–H groups in total. The van der Waals surface area contributed by atoms with E-state index in [1.807, 2.05) is 30.3 Å². The molecule has 0 saturated carbocycles. The molecule has 3 amide bonds. The quantitative estimate of drug-likeness (QED) is 0.252. The Morgan fingerprint density at radius 3 is 2.18 bits per heavy atom. The molecule has 2 aromatic carbocycles. The second-order valence-electron chi connectivity index (χ2n) is 7.89. The summed E-state index contributed by atoms with van der Waals surface area (Å²) in [5.41, 5.74) is 0.906. The van der Waals surface area contributed by atoms with E-state index >= 15 is 0 Å². The highest BCUT2D eigenvalue weighted by atomic mass is 16.5. The average Bonchev–Trinajstić information content (AvgIpc) is 2.83. The van der Waals surface area contributed by atoms with Crippen LogP contribution in [0, 0.1) is 5.92 Å². The number of aliphatic hydroxyl groups is 1. The molecule has 9 nitrogen and oxygen atoms in total. The number of methoxy groups -OCH3 is 1. The largest absolute Gasteiger partial charge is 0.497 e. The summed E-state index contributed by atoms with van der Waals surface area (Å²) >= 11 is 0. The third kappa shape index (κ3) is 7.03. The molecule has 0 spiro atoms. The van der Waals surface area contributed by atoms with E-state index in [9.17, 15) is 19.5 Å². The van der Waals surface area contributed by atoms with Gasteiger partial charge in [0.2, 0.25) is 11.8 Å². The van der Waals surface area contributed by atoms with E-state index in [-0.39, 0.29) is 12.8 Å². The Morgan fingerprint density at radius 2 is 1.64 bits per heavy atom. The summed E-state index contributed by atoms with van der Waals surface area (Å²) in [6.45, 7) is 1.16. The molecule has 0 heterocycles. The lowest BCUT2D eigenvalue weighted by molar-refractivity contribution is -0.158. The summed E-state index contributed by atoms with van der Waals surface area (Å²) in [5.74, 6) is -2.78. The maximum Gasteiger partial charge on any atom is 0.275 e. The highest BCUT2D eigenvalue weighted by Gasteiger charge is 2.44. The van der Waals surface area contributed by atoms with Crippen LogP contribution in [-0.4, -0.2) is 53.8 Å². The van der Waals surface area contributed by atoms with Crippen molar-refractivity contribution >= 4 is 17.7 Å².